The molecule has 0 saturated carbocycles. The minimum atomic E-state index is -0.604. The maximum atomic E-state index is 12.1. The number of hydrogen-bond acceptors (Lipinski definition) is 8. The van der Waals surface area contributed by atoms with Gasteiger partial charge in [0.05, 0.1) is 37.3 Å². The molecule has 0 radical (unpaired) electrons. The van der Waals surface area contributed by atoms with E-state index >= 15 is 0 Å². The van der Waals surface area contributed by atoms with Crippen LogP contribution in [0.15, 0.2) is 24.4 Å². The first kappa shape index (κ1) is 21.1. The number of benzene rings is 1. The Morgan fingerprint density at radius 2 is 2.03 bits per heavy atom. The van der Waals surface area contributed by atoms with E-state index in [2.05, 4.69) is 10.3 Å². The van der Waals surface area contributed by atoms with Gasteiger partial charge in [0.25, 0.3) is 5.91 Å². The number of rotatable bonds is 5. The van der Waals surface area contributed by atoms with Crippen molar-refractivity contribution in [1.29, 1.82) is 0 Å². The lowest BCUT2D eigenvalue weighted by Gasteiger charge is -2.38. The Bertz CT molecular complexity index is 1120. The summed E-state index contributed by atoms with van der Waals surface area (Å²) in [5, 5.41) is 4.39. The van der Waals surface area contributed by atoms with Crippen molar-refractivity contribution in [3.63, 3.8) is 0 Å². The number of pyridine rings is 1. The van der Waals surface area contributed by atoms with Crippen LogP contribution in [0.3, 0.4) is 0 Å². The zero-order chi connectivity index (χ0) is 23.3. The van der Waals surface area contributed by atoms with Gasteiger partial charge in [0, 0.05) is 18.1 Å². The topological polar surface area (TPSA) is 136 Å². The number of nitrogens with one attached hydrogen (secondary N) is 1. The highest BCUT2D eigenvalue weighted by Crippen LogP contribution is 2.35. The first-order valence-corrected chi connectivity index (χ1v) is 10.9. The monoisotopic (exact) mass is 455 g/mol. The van der Waals surface area contributed by atoms with Crippen molar-refractivity contribution < 1.29 is 28.6 Å². The zero-order valence-electron chi connectivity index (χ0n) is 18.3. The molecule has 1 aromatic carbocycles. The Labute approximate surface area is 189 Å². The number of ether oxygens (including phenoxy) is 3. The Morgan fingerprint density at radius 3 is 2.73 bits per heavy atom. The fraction of sp³-hybridized carbons (Fsp3) is 0.455. The van der Waals surface area contributed by atoms with E-state index in [1.54, 1.807) is 43.1 Å². The van der Waals surface area contributed by atoms with E-state index in [-0.39, 0.29) is 36.0 Å². The third-order valence-electron chi connectivity index (χ3n) is 5.97. The summed E-state index contributed by atoms with van der Waals surface area (Å²) in [7, 11) is 0. The van der Waals surface area contributed by atoms with Crippen LogP contribution in [0.4, 0.5) is 15.4 Å². The van der Waals surface area contributed by atoms with Crippen LogP contribution in [-0.4, -0.2) is 78.5 Å². The average molecular weight is 455 g/mol. The molecular weight excluding hydrogens is 430 g/mol. The molecule has 1 aromatic heterocycles. The molecule has 3 aliphatic heterocycles. The molecule has 3 N–H and O–H groups in total. The molecule has 11 nitrogen and oxygen atoms in total. The predicted octanol–water partition coefficient (Wildman–Crippen LogP) is 1.24. The second kappa shape index (κ2) is 7.98. The SMILES string of the molecule is CC(C)OC(=O)N1CC(Oc2cc3c(N4CC5NC(=O)OC5C4)nccc3cc2C(N)=O)C1. The molecule has 2 aromatic rings. The van der Waals surface area contributed by atoms with Crippen LogP contribution in [-0.2, 0) is 9.47 Å². The van der Waals surface area contributed by atoms with Crippen LogP contribution in [0, 0.1) is 0 Å². The smallest absolute Gasteiger partial charge is 0.410 e. The fourth-order valence-corrected chi connectivity index (χ4v) is 4.37. The lowest BCUT2D eigenvalue weighted by atomic mass is 10.1. The van der Waals surface area contributed by atoms with Crippen LogP contribution >= 0.6 is 0 Å². The van der Waals surface area contributed by atoms with E-state index in [9.17, 15) is 14.4 Å². The molecule has 3 aliphatic rings. The number of likely N-dealkylation sites (tertiary alicyclic amines) is 1. The van der Waals surface area contributed by atoms with E-state index < -0.39 is 12.0 Å². The van der Waals surface area contributed by atoms with Crippen LogP contribution in [0.2, 0.25) is 0 Å². The van der Waals surface area contributed by atoms with Gasteiger partial charge < -0.3 is 35.1 Å². The predicted molar refractivity (Wildman–Crippen MR) is 117 cm³/mol. The second-order valence-corrected chi connectivity index (χ2v) is 8.75. The molecule has 3 fully saturated rings. The summed E-state index contributed by atoms with van der Waals surface area (Å²) in [6.45, 7) is 5.37. The number of alkyl carbamates (subject to hydrolysis) is 1. The quantitative estimate of drug-likeness (QED) is 0.687. The van der Waals surface area contributed by atoms with Gasteiger partial charge in [-0.2, -0.15) is 0 Å². The highest BCUT2D eigenvalue weighted by molar-refractivity contribution is 6.03. The third kappa shape index (κ3) is 3.94. The molecule has 2 unspecified atom stereocenters. The van der Waals surface area contributed by atoms with E-state index in [1.165, 1.54) is 0 Å². The van der Waals surface area contributed by atoms with Crippen LogP contribution in [0.1, 0.15) is 24.2 Å². The number of nitrogens with two attached hydrogens (primary N) is 1. The summed E-state index contributed by atoms with van der Waals surface area (Å²) in [5.41, 5.74) is 5.88. The molecule has 0 aliphatic carbocycles. The first-order chi connectivity index (χ1) is 15.8. The summed E-state index contributed by atoms with van der Waals surface area (Å²) < 4.78 is 16.6. The lowest BCUT2D eigenvalue weighted by molar-refractivity contribution is 0.00138. The van der Waals surface area contributed by atoms with Gasteiger partial charge in [0.1, 0.15) is 23.8 Å². The van der Waals surface area contributed by atoms with Crippen molar-refractivity contribution >= 4 is 34.7 Å². The van der Waals surface area contributed by atoms with Crippen LogP contribution in [0.5, 0.6) is 5.75 Å². The Balaban J connectivity index is 1.39. The van der Waals surface area contributed by atoms with Crippen molar-refractivity contribution in [2.45, 2.75) is 38.2 Å². The highest BCUT2D eigenvalue weighted by atomic mass is 16.6. The maximum absolute atomic E-state index is 12.1. The number of anilines is 1. The summed E-state index contributed by atoms with van der Waals surface area (Å²) in [6.07, 6.45) is 0.162. The van der Waals surface area contributed by atoms with E-state index in [1.807, 2.05) is 4.90 Å². The summed E-state index contributed by atoms with van der Waals surface area (Å²) in [4.78, 5) is 43.7. The molecule has 33 heavy (non-hydrogen) atoms. The van der Waals surface area contributed by atoms with Gasteiger partial charge in [0.2, 0.25) is 0 Å². The van der Waals surface area contributed by atoms with Gasteiger partial charge in [-0.25, -0.2) is 14.6 Å². The Hall–Kier alpha value is -3.76. The summed E-state index contributed by atoms with van der Waals surface area (Å²) in [6, 6.07) is 5.16. The molecular formula is C22H25N5O6. The number of carbonyl (C=O) groups excluding carboxylic acids is 3. The number of amides is 3. The van der Waals surface area contributed by atoms with Crippen molar-refractivity contribution in [2.24, 2.45) is 5.73 Å². The second-order valence-electron chi connectivity index (χ2n) is 8.75. The number of hydrogen-bond donors (Lipinski definition) is 2. The first-order valence-electron chi connectivity index (χ1n) is 10.9. The van der Waals surface area contributed by atoms with Gasteiger partial charge in [-0.15, -0.1) is 0 Å². The largest absolute Gasteiger partial charge is 0.486 e. The maximum Gasteiger partial charge on any atom is 0.410 e. The minimum absolute atomic E-state index is 0.0956. The van der Waals surface area contributed by atoms with Gasteiger partial charge in [-0.3, -0.25) is 4.79 Å². The number of primary amides is 1. The van der Waals surface area contributed by atoms with Gasteiger partial charge in [0.15, 0.2) is 0 Å². The number of aromatic nitrogens is 1. The highest BCUT2D eigenvalue weighted by Gasteiger charge is 2.42. The zero-order valence-corrected chi connectivity index (χ0v) is 18.3. The van der Waals surface area contributed by atoms with Crippen molar-refractivity contribution in [3.05, 3.63) is 30.0 Å². The van der Waals surface area contributed by atoms with Gasteiger partial charge in [-0.1, -0.05) is 0 Å². The average Bonchev–Trinajstić information content (AvgIpc) is 3.25. The molecule has 3 amide bonds. The van der Waals surface area contributed by atoms with Crippen molar-refractivity contribution in [1.82, 2.24) is 15.2 Å². The molecule has 4 heterocycles. The number of nitrogens with zero attached hydrogens (tertiary/aromatic N) is 3. The van der Waals surface area contributed by atoms with Crippen LogP contribution in [0.25, 0.3) is 10.8 Å². The van der Waals surface area contributed by atoms with Crippen molar-refractivity contribution in [3.8, 4) is 5.75 Å². The van der Waals surface area contributed by atoms with Crippen molar-refractivity contribution in [2.75, 3.05) is 31.1 Å². The molecule has 0 spiro atoms. The Kier molecular flexibility index (Phi) is 5.10. The number of fused-ring (bicyclic) bond motifs is 2. The van der Waals surface area contributed by atoms with E-state index in [0.717, 1.165) is 10.8 Å². The number of carbonyl (C=O) groups is 3. The third-order valence-corrected chi connectivity index (χ3v) is 5.97. The molecule has 3 saturated heterocycles. The summed E-state index contributed by atoms with van der Waals surface area (Å²) >= 11 is 0. The molecule has 2 atom stereocenters. The van der Waals surface area contributed by atoms with E-state index in [0.29, 0.717) is 37.7 Å². The standard InChI is InChI=1S/C22H25N5O6/c1-11(2)31-22(30)27-7-13(8-27)32-17-6-14-12(5-15(17)19(23)28)3-4-24-20(14)26-9-16-18(10-26)33-21(29)25-16/h3-6,11,13,16,18H,7-10H2,1-2H3,(H2,23,28)(H,25,29). The normalized spacial score (nSPS) is 22.1. The van der Waals surface area contributed by atoms with E-state index in [4.69, 9.17) is 19.9 Å². The summed E-state index contributed by atoms with van der Waals surface area (Å²) in [5.74, 6) is 0.443. The molecule has 174 valence electrons. The minimum Gasteiger partial charge on any atom is -0.486 e. The van der Waals surface area contributed by atoms with Crippen LogP contribution < -0.4 is 20.7 Å². The Morgan fingerprint density at radius 1 is 1.24 bits per heavy atom. The molecule has 11 heteroatoms. The fourth-order valence-electron chi connectivity index (χ4n) is 4.37. The molecule has 0 bridgehead atoms. The molecule has 5 rings (SSSR count). The van der Waals surface area contributed by atoms with Gasteiger partial charge >= 0.3 is 12.2 Å². The van der Waals surface area contributed by atoms with Gasteiger partial charge in [-0.05, 0) is 37.4 Å². The lowest BCUT2D eigenvalue weighted by Crippen LogP contribution is -2.56.